The third-order valence-electron chi connectivity index (χ3n) is 5.16. The van der Waals surface area contributed by atoms with Crippen LogP contribution in [0.3, 0.4) is 0 Å². The highest BCUT2D eigenvalue weighted by Crippen LogP contribution is 2.37. The Morgan fingerprint density at radius 2 is 1.90 bits per heavy atom. The zero-order valence-corrected chi connectivity index (χ0v) is 14.6. The molecule has 2 fully saturated rings. The molecule has 1 atom stereocenters. The Hall–Kier alpha value is 0.230. The van der Waals surface area contributed by atoms with Crippen LogP contribution in [-0.4, -0.2) is 64.6 Å². The molecule has 4 heteroatoms. The summed E-state index contributed by atoms with van der Waals surface area (Å²) in [6.45, 7) is 15.1. The minimum Gasteiger partial charge on any atom is -0.329 e. The second kappa shape index (κ2) is 6.55. The summed E-state index contributed by atoms with van der Waals surface area (Å²) < 4.78 is 0.379. The molecule has 0 amide bonds. The van der Waals surface area contributed by atoms with Gasteiger partial charge in [-0.1, -0.05) is 0 Å². The topological polar surface area (TPSA) is 32.5 Å². The Balaban J connectivity index is 2.09. The maximum Gasteiger partial charge on any atom is 0.0345 e. The lowest BCUT2D eigenvalue weighted by Crippen LogP contribution is -2.60. The highest BCUT2D eigenvalue weighted by molar-refractivity contribution is 8.00. The highest BCUT2D eigenvalue weighted by atomic mass is 32.2. The molecule has 0 aliphatic carbocycles. The molecule has 0 radical (unpaired) electrons. The van der Waals surface area contributed by atoms with Crippen molar-refractivity contribution in [3.05, 3.63) is 0 Å². The molecular formula is C16H33N3S. The van der Waals surface area contributed by atoms with E-state index in [1.54, 1.807) is 0 Å². The number of nitrogens with two attached hydrogens (primary N) is 1. The Labute approximate surface area is 129 Å². The van der Waals surface area contributed by atoms with Gasteiger partial charge in [0.15, 0.2) is 0 Å². The Morgan fingerprint density at radius 1 is 1.15 bits per heavy atom. The van der Waals surface area contributed by atoms with E-state index < -0.39 is 0 Å². The van der Waals surface area contributed by atoms with Crippen molar-refractivity contribution >= 4 is 11.8 Å². The van der Waals surface area contributed by atoms with E-state index in [9.17, 15) is 0 Å². The van der Waals surface area contributed by atoms with Gasteiger partial charge in [0, 0.05) is 48.3 Å². The molecule has 2 aliphatic heterocycles. The fourth-order valence-corrected chi connectivity index (χ4v) is 4.90. The molecule has 2 heterocycles. The molecule has 2 aliphatic rings. The van der Waals surface area contributed by atoms with Gasteiger partial charge in [0.2, 0.25) is 0 Å². The van der Waals surface area contributed by atoms with Crippen LogP contribution >= 0.6 is 11.8 Å². The second-order valence-corrected chi connectivity index (χ2v) is 9.24. The molecule has 2 N–H and O–H groups in total. The van der Waals surface area contributed by atoms with Crippen molar-refractivity contribution < 1.29 is 0 Å². The molecule has 0 aromatic rings. The number of thioether (sulfide) groups is 1. The van der Waals surface area contributed by atoms with Gasteiger partial charge in [-0.05, 0) is 53.5 Å². The van der Waals surface area contributed by atoms with Crippen molar-refractivity contribution in [2.24, 2.45) is 5.73 Å². The van der Waals surface area contributed by atoms with Gasteiger partial charge in [-0.2, -0.15) is 11.8 Å². The molecule has 0 saturated carbocycles. The van der Waals surface area contributed by atoms with Gasteiger partial charge in [0.05, 0.1) is 0 Å². The van der Waals surface area contributed by atoms with Gasteiger partial charge in [0.25, 0.3) is 0 Å². The molecule has 0 spiro atoms. The lowest BCUT2D eigenvalue weighted by atomic mass is 9.87. The van der Waals surface area contributed by atoms with Crippen molar-refractivity contribution in [2.45, 2.75) is 63.3 Å². The van der Waals surface area contributed by atoms with Gasteiger partial charge in [-0.15, -0.1) is 0 Å². The standard InChI is InChI=1S/C16H33N3S/c1-14(2)18-8-5-6-16(12-17,7-9-18)19-10-11-20-15(3,4)13-19/h14H,5-13,17H2,1-4H3. The Bertz CT molecular complexity index is 319. The average molecular weight is 300 g/mol. The number of nitrogens with zero attached hydrogens (tertiary/aromatic N) is 2. The predicted molar refractivity (Wildman–Crippen MR) is 90.5 cm³/mol. The number of hydrogen-bond acceptors (Lipinski definition) is 4. The molecule has 3 nitrogen and oxygen atoms in total. The maximum absolute atomic E-state index is 6.28. The Kier molecular flexibility index (Phi) is 5.44. The number of hydrogen-bond donors (Lipinski definition) is 1. The summed E-state index contributed by atoms with van der Waals surface area (Å²) in [5.41, 5.74) is 6.53. The summed E-state index contributed by atoms with van der Waals surface area (Å²) in [6, 6.07) is 0.664. The highest BCUT2D eigenvalue weighted by Gasteiger charge is 2.41. The minimum absolute atomic E-state index is 0.252. The monoisotopic (exact) mass is 299 g/mol. The quantitative estimate of drug-likeness (QED) is 0.867. The van der Waals surface area contributed by atoms with Crippen LogP contribution < -0.4 is 5.73 Å². The maximum atomic E-state index is 6.28. The molecule has 0 bridgehead atoms. The van der Waals surface area contributed by atoms with Gasteiger partial charge >= 0.3 is 0 Å². The predicted octanol–water partition coefficient (Wildman–Crippen LogP) is 2.41. The molecule has 1 unspecified atom stereocenters. The fourth-order valence-electron chi connectivity index (χ4n) is 3.79. The van der Waals surface area contributed by atoms with Crippen molar-refractivity contribution in [2.75, 3.05) is 38.5 Å². The third-order valence-corrected chi connectivity index (χ3v) is 6.46. The molecule has 0 aromatic carbocycles. The van der Waals surface area contributed by atoms with E-state index >= 15 is 0 Å². The van der Waals surface area contributed by atoms with Gasteiger partial charge in [-0.25, -0.2) is 0 Å². The Morgan fingerprint density at radius 3 is 2.50 bits per heavy atom. The van der Waals surface area contributed by atoms with Crippen LogP contribution in [0.4, 0.5) is 0 Å². The number of likely N-dealkylation sites (tertiary alicyclic amines) is 1. The smallest absolute Gasteiger partial charge is 0.0345 e. The van der Waals surface area contributed by atoms with E-state index in [1.165, 1.54) is 51.2 Å². The van der Waals surface area contributed by atoms with Crippen LogP contribution in [0.15, 0.2) is 0 Å². The first kappa shape index (κ1) is 16.6. The summed E-state index contributed by atoms with van der Waals surface area (Å²) in [7, 11) is 0. The van der Waals surface area contributed by atoms with E-state index in [0.29, 0.717) is 10.8 Å². The SMILES string of the molecule is CC(C)N1CCCC(CN)(N2CCSC(C)(C)C2)CC1. The van der Waals surface area contributed by atoms with Crippen molar-refractivity contribution in [3.63, 3.8) is 0 Å². The van der Waals surface area contributed by atoms with Gasteiger partial charge in [0.1, 0.15) is 0 Å². The minimum atomic E-state index is 0.252. The van der Waals surface area contributed by atoms with Crippen LogP contribution in [0, 0.1) is 0 Å². The first-order valence-electron chi connectivity index (χ1n) is 8.22. The van der Waals surface area contributed by atoms with Crippen LogP contribution in [0.25, 0.3) is 0 Å². The van der Waals surface area contributed by atoms with E-state index in [1.807, 2.05) is 0 Å². The van der Waals surface area contributed by atoms with Gasteiger partial charge < -0.3 is 10.6 Å². The van der Waals surface area contributed by atoms with Crippen molar-refractivity contribution in [1.29, 1.82) is 0 Å². The summed E-state index contributed by atoms with van der Waals surface area (Å²) >= 11 is 2.12. The van der Waals surface area contributed by atoms with E-state index in [4.69, 9.17) is 5.73 Å². The summed E-state index contributed by atoms with van der Waals surface area (Å²) in [6.07, 6.45) is 3.80. The molecule has 2 rings (SSSR count). The van der Waals surface area contributed by atoms with E-state index in [2.05, 4.69) is 49.3 Å². The summed E-state index contributed by atoms with van der Waals surface area (Å²) in [4.78, 5) is 5.36. The van der Waals surface area contributed by atoms with Crippen molar-refractivity contribution in [3.8, 4) is 0 Å². The zero-order valence-electron chi connectivity index (χ0n) is 13.8. The lowest BCUT2D eigenvalue weighted by molar-refractivity contribution is 0.0717. The number of rotatable bonds is 3. The molecule has 118 valence electrons. The molecular weight excluding hydrogens is 266 g/mol. The lowest BCUT2D eigenvalue weighted by Gasteiger charge is -2.49. The molecule has 20 heavy (non-hydrogen) atoms. The molecule has 2 saturated heterocycles. The van der Waals surface area contributed by atoms with Crippen LogP contribution in [0.2, 0.25) is 0 Å². The third kappa shape index (κ3) is 3.70. The van der Waals surface area contributed by atoms with Crippen LogP contribution in [0.1, 0.15) is 47.0 Å². The molecule has 0 aromatic heterocycles. The normalized spacial score (nSPS) is 33.3. The average Bonchev–Trinajstić information content (AvgIpc) is 2.60. The summed E-state index contributed by atoms with van der Waals surface area (Å²) in [5.74, 6) is 1.25. The summed E-state index contributed by atoms with van der Waals surface area (Å²) in [5, 5.41) is 0. The van der Waals surface area contributed by atoms with Gasteiger partial charge in [-0.3, -0.25) is 4.90 Å². The van der Waals surface area contributed by atoms with Crippen molar-refractivity contribution in [1.82, 2.24) is 9.80 Å². The first-order chi connectivity index (χ1) is 9.38. The van der Waals surface area contributed by atoms with E-state index in [0.717, 1.165) is 6.54 Å². The van der Waals surface area contributed by atoms with E-state index in [-0.39, 0.29) is 5.54 Å². The van der Waals surface area contributed by atoms with Crippen LogP contribution in [-0.2, 0) is 0 Å². The largest absolute Gasteiger partial charge is 0.329 e. The first-order valence-corrected chi connectivity index (χ1v) is 9.20. The second-order valence-electron chi connectivity index (χ2n) is 7.44. The zero-order chi connectivity index (χ0) is 14.8. The fraction of sp³-hybridized carbons (Fsp3) is 1.00. The van der Waals surface area contributed by atoms with Crippen LogP contribution in [0.5, 0.6) is 0 Å².